The molecule has 8 aromatic carbocycles. The molecule has 0 heterocycles. The van der Waals surface area contributed by atoms with Crippen LogP contribution in [0, 0.1) is 0 Å². The van der Waals surface area contributed by atoms with Gasteiger partial charge in [-0.1, -0.05) is 109 Å². The summed E-state index contributed by atoms with van der Waals surface area (Å²) in [4.78, 5) is 0. The predicted molar refractivity (Wildman–Crippen MR) is 171 cm³/mol. The zero-order valence-corrected chi connectivity index (χ0v) is 21.7. The largest absolute Gasteiger partial charge is 0.0616 e. The Morgan fingerprint density at radius 1 is 0.250 bits per heavy atom. The van der Waals surface area contributed by atoms with Crippen molar-refractivity contribution in [1.82, 2.24) is 0 Å². The quantitative estimate of drug-likeness (QED) is 0.196. The van der Waals surface area contributed by atoms with Gasteiger partial charge >= 0.3 is 0 Å². The van der Waals surface area contributed by atoms with E-state index >= 15 is 0 Å². The fourth-order valence-electron chi connectivity index (χ4n) is 7.57. The molecule has 0 fully saturated rings. The van der Waals surface area contributed by atoms with Crippen molar-refractivity contribution in [2.45, 2.75) is 0 Å². The predicted octanol–water partition coefficient (Wildman–Crippen LogP) is 11.3. The molecular formula is C40H22. The van der Waals surface area contributed by atoms with Crippen molar-refractivity contribution in [3.05, 3.63) is 133 Å². The lowest BCUT2D eigenvalue weighted by molar-refractivity contribution is 1.68. The highest BCUT2D eigenvalue weighted by molar-refractivity contribution is 6.25. The Morgan fingerprint density at radius 2 is 0.825 bits per heavy atom. The molecule has 0 aliphatic heterocycles. The molecule has 0 bridgehead atoms. The van der Waals surface area contributed by atoms with Crippen LogP contribution in [0.5, 0.6) is 0 Å². The molecule has 0 N–H and O–H groups in total. The molecule has 0 amide bonds. The van der Waals surface area contributed by atoms with Crippen LogP contribution in [0.3, 0.4) is 0 Å². The molecule has 10 rings (SSSR count). The van der Waals surface area contributed by atoms with Gasteiger partial charge in [0.05, 0.1) is 0 Å². The Hall–Kier alpha value is -5.20. The first-order chi connectivity index (χ1) is 19.8. The van der Waals surface area contributed by atoms with Gasteiger partial charge in [-0.15, -0.1) is 0 Å². The Labute approximate surface area is 231 Å². The first-order valence-corrected chi connectivity index (χ1v) is 14.0. The zero-order chi connectivity index (χ0) is 25.9. The smallest absolute Gasteiger partial charge is 0.00199 e. The fraction of sp³-hybridized carbons (Fsp3) is 0. The van der Waals surface area contributed by atoms with Gasteiger partial charge in [0.15, 0.2) is 0 Å². The molecule has 0 heteroatoms. The summed E-state index contributed by atoms with van der Waals surface area (Å²) in [6, 6.07) is 50.0. The van der Waals surface area contributed by atoms with E-state index in [1.807, 2.05) is 0 Å². The van der Waals surface area contributed by atoms with E-state index in [1.165, 1.54) is 98.7 Å². The number of hydrogen-bond acceptors (Lipinski definition) is 0. The molecule has 0 saturated heterocycles. The van der Waals surface area contributed by atoms with E-state index in [9.17, 15) is 0 Å². The number of rotatable bonds is 1. The van der Waals surface area contributed by atoms with Gasteiger partial charge in [-0.3, -0.25) is 0 Å². The molecule has 182 valence electrons. The highest BCUT2D eigenvalue weighted by Crippen LogP contribution is 2.52. The number of fused-ring (bicyclic) bond motifs is 9. The molecule has 0 spiro atoms. The van der Waals surface area contributed by atoms with Crippen LogP contribution >= 0.6 is 0 Å². The van der Waals surface area contributed by atoms with Gasteiger partial charge in [-0.05, 0) is 123 Å². The van der Waals surface area contributed by atoms with Crippen LogP contribution in [-0.2, 0) is 0 Å². The molecule has 40 heavy (non-hydrogen) atoms. The van der Waals surface area contributed by atoms with Crippen LogP contribution in [0.2, 0.25) is 0 Å². The highest BCUT2D eigenvalue weighted by atomic mass is 14.3. The van der Waals surface area contributed by atoms with E-state index in [0.717, 1.165) is 0 Å². The SMILES string of the molecule is c1ccc2c(c1)-c1cccc3c(-c4ccc5cc6c(cc5c4)-c4cc5ccccc5c5cccc-6c45)ccc-2c13. The summed E-state index contributed by atoms with van der Waals surface area (Å²) < 4.78 is 0. The summed E-state index contributed by atoms with van der Waals surface area (Å²) in [5.41, 5.74) is 13.4. The molecule has 2 aliphatic rings. The lowest BCUT2D eigenvalue weighted by Gasteiger charge is -2.12. The first kappa shape index (κ1) is 20.7. The molecule has 2 aliphatic carbocycles. The van der Waals surface area contributed by atoms with Crippen molar-refractivity contribution < 1.29 is 0 Å². The number of hydrogen-bond donors (Lipinski definition) is 0. The molecule has 0 aromatic heterocycles. The minimum Gasteiger partial charge on any atom is -0.0616 e. The van der Waals surface area contributed by atoms with Gasteiger partial charge in [0.1, 0.15) is 0 Å². The Bertz CT molecular complexity index is 2390. The van der Waals surface area contributed by atoms with Gasteiger partial charge in [0.2, 0.25) is 0 Å². The van der Waals surface area contributed by atoms with Crippen molar-refractivity contribution in [2.75, 3.05) is 0 Å². The van der Waals surface area contributed by atoms with Crippen molar-refractivity contribution in [2.24, 2.45) is 0 Å². The second kappa shape index (κ2) is 7.25. The third-order valence-corrected chi connectivity index (χ3v) is 9.30. The minimum atomic E-state index is 1.27. The van der Waals surface area contributed by atoms with Crippen LogP contribution in [0.4, 0.5) is 0 Å². The average Bonchev–Trinajstić information content (AvgIpc) is 3.50. The standard InChI is InChI=1S/C40H22/c1-2-8-27-24(7-1)21-38-37-22-26-19-25(16-15-23(26)20-36(37)34-14-6-11-31(27)40(34)38)28-17-18-35-30-10-4-3-9-29(30)33-13-5-12-32(28)39(33)35/h1-22H. The average molecular weight is 503 g/mol. The summed E-state index contributed by atoms with van der Waals surface area (Å²) in [5, 5.41) is 10.7. The van der Waals surface area contributed by atoms with Crippen molar-refractivity contribution in [1.29, 1.82) is 0 Å². The monoisotopic (exact) mass is 502 g/mol. The van der Waals surface area contributed by atoms with E-state index in [-0.39, 0.29) is 0 Å². The topological polar surface area (TPSA) is 0 Å². The second-order valence-electron chi connectivity index (χ2n) is 11.3. The van der Waals surface area contributed by atoms with Gasteiger partial charge < -0.3 is 0 Å². The molecule has 8 aromatic rings. The maximum absolute atomic E-state index is 2.42. The Morgan fingerprint density at radius 3 is 1.70 bits per heavy atom. The Balaban J connectivity index is 1.21. The summed E-state index contributed by atoms with van der Waals surface area (Å²) >= 11 is 0. The van der Waals surface area contributed by atoms with Crippen LogP contribution in [0.1, 0.15) is 0 Å². The van der Waals surface area contributed by atoms with Gasteiger partial charge in [-0.25, -0.2) is 0 Å². The molecule has 0 unspecified atom stereocenters. The van der Waals surface area contributed by atoms with Gasteiger partial charge in [0.25, 0.3) is 0 Å². The molecule has 0 atom stereocenters. The van der Waals surface area contributed by atoms with E-state index in [4.69, 9.17) is 0 Å². The van der Waals surface area contributed by atoms with Crippen molar-refractivity contribution in [3.8, 4) is 55.6 Å². The summed E-state index contributed by atoms with van der Waals surface area (Å²) in [6.07, 6.45) is 0. The maximum atomic E-state index is 2.42. The molecule has 0 saturated carbocycles. The molecule has 0 nitrogen and oxygen atoms in total. The minimum absolute atomic E-state index is 1.27. The zero-order valence-electron chi connectivity index (χ0n) is 21.7. The van der Waals surface area contributed by atoms with E-state index < -0.39 is 0 Å². The van der Waals surface area contributed by atoms with E-state index in [2.05, 4.69) is 133 Å². The summed E-state index contributed by atoms with van der Waals surface area (Å²) in [6.45, 7) is 0. The van der Waals surface area contributed by atoms with Gasteiger partial charge in [0, 0.05) is 0 Å². The van der Waals surface area contributed by atoms with E-state index in [1.54, 1.807) is 0 Å². The normalized spacial score (nSPS) is 12.5. The first-order valence-electron chi connectivity index (χ1n) is 14.0. The molecular weight excluding hydrogens is 480 g/mol. The lowest BCUT2D eigenvalue weighted by atomic mass is 9.92. The highest BCUT2D eigenvalue weighted by Gasteiger charge is 2.24. The third kappa shape index (κ3) is 2.52. The Kier molecular flexibility index (Phi) is 3.76. The van der Waals surface area contributed by atoms with Crippen LogP contribution in [0.25, 0.3) is 98.7 Å². The van der Waals surface area contributed by atoms with Crippen LogP contribution in [0.15, 0.2) is 133 Å². The van der Waals surface area contributed by atoms with Gasteiger partial charge in [-0.2, -0.15) is 0 Å². The third-order valence-electron chi connectivity index (χ3n) is 9.30. The van der Waals surface area contributed by atoms with Crippen molar-refractivity contribution >= 4 is 43.1 Å². The van der Waals surface area contributed by atoms with E-state index in [0.29, 0.717) is 0 Å². The molecule has 0 radical (unpaired) electrons. The number of benzene rings is 8. The van der Waals surface area contributed by atoms with Crippen LogP contribution in [-0.4, -0.2) is 0 Å². The summed E-state index contributed by atoms with van der Waals surface area (Å²) in [7, 11) is 0. The lowest BCUT2D eigenvalue weighted by Crippen LogP contribution is -1.85. The fourth-order valence-corrected chi connectivity index (χ4v) is 7.57. The summed E-state index contributed by atoms with van der Waals surface area (Å²) in [5.74, 6) is 0. The van der Waals surface area contributed by atoms with Crippen LogP contribution < -0.4 is 0 Å². The second-order valence-corrected chi connectivity index (χ2v) is 11.3. The van der Waals surface area contributed by atoms with Crippen molar-refractivity contribution in [3.63, 3.8) is 0 Å². The maximum Gasteiger partial charge on any atom is -0.00199 e.